The monoisotopic (exact) mass is 388 g/mol. The predicted molar refractivity (Wildman–Crippen MR) is 116 cm³/mol. The van der Waals surface area contributed by atoms with Crippen LogP contribution in [-0.2, 0) is 5.41 Å². The molecular weight excluding hydrogens is 360 g/mol. The molecule has 0 aromatic heterocycles. The topological polar surface area (TPSA) is 60.7 Å². The third-order valence-corrected chi connectivity index (χ3v) is 6.70. The van der Waals surface area contributed by atoms with Crippen LogP contribution < -0.4 is 0 Å². The van der Waals surface area contributed by atoms with Crippen molar-refractivity contribution in [3.8, 4) is 17.2 Å². The normalized spacial score (nSPS) is 16.6. The fourth-order valence-electron chi connectivity index (χ4n) is 4.84. The smallest absolute Gasteiger partial charge is 0.118 e. The summed E-state index contributed by atoms with van der Waals surface area (Å²) in [7, 11) is 0. The third-order valence-electron chi connectivity index (χ3n) is 6.70. The van der Waals surface area contributed by atoms with E-state index in [1.165, 1.54) is 16.7 Å². The molecule has 0 unspecified atom stereocenters. The van der Waals surface area contributed by atoms with Crippen LogP contribution in [0.25, 0.3) is 0 Å². The Balaban J connectivity index is 1.73. The zero-order valence-corrected chi connectivity index (χ0v) is 17.0. The summed E-state index contributed by atoms with van der Waals surface area (Å²) in [5, 5.41) is 29.7. The van der Waals surface area contributed by atoms with Crippen molar-refractivity contribution in [1.29, 1.82) is 0 Å². The molecular formula is C26H28O3. The number of aryl methyl sites for hydroxylation is 2. The highest BCUT2D eigenvalue weighted by atomic mass is 16.3. The minimum absolute atomic E-state index is 0.135. The van der Waals surface area contributed by atoms with Gasteiger partial charge in [-0.05, 0) is 97.5 Å². The van der Waals surface area contributed by atoms with E-state index in [9.17, 15) is 15.3 Å². The number of rotatable bonds is 3. The molecule has 29 heavy (non-hydrogen) atoms. The molecule has 3 nitrogen and oxygen atoms in total. The van der Waals surface area contributed by atoms with Gasteiger partial charge in [-0.25, -0.2) is 0 Å². The first-order valence-electron chi connectivity index (χ1n) is 10.3. The molecule has 4 rings (SSSR count). The Morgan fingerprint density at radius 3 is 1.62 bits per heavy atom. The van der Waals surface area contributed by atoms with Crippen LogP contribution in [0.15, 0.2) is 60.7 Å². The molecule has 0 saturated heterocycles. The zero-order chi connectivity index (χ0) is 20.6. The van der Waals surface area contributed by atoms with Gasteiger partial charge in [-0.2, -0.15) is 0 Å². The predicted octanol–water partition coefficient (Wildman–Crippen LogP) is 6.06. The van der Waals surface area contributed by atoms with E-state index in [0.717, 1.165) is 36.8 Å². The number of phenolic OH excluding ortho intramolecular Hbond substituents is 3. The van der Waals surface area contributed by atoms with E-state index in [-0.39, 0.29) is 5.41 Å². The molecule has 0 radical (unpaired) electrons. The zero-order valence-electron chi connectivity index (χ0n) is 17.0. The van der Waals surface area contributed by atoms with E-state index in [2.05, 4.69) is 12.1 Å². The van der Waals surface area contributed by atoms with Crippen molar-refractivity contribution in [2.24, 2.45) is 0 Å². The number of hydrogen-bond donors (Lipinski definition) is 3. The lowest BCUT2D eigenvalue weighted by Crippen LogP contribution is -2.32. The Morgan fingerprint density at radius 1 is 0.690 bits per heavy atom. The molecule has 3 N–H and O–H groups in total. The molecule has 1 aliphatic rings. The van der Waals surface area contributed by atoms with Gasteiger partial charge in [-0.3, -0.25) is 0 Å². The number of benzene rings is 3. The molecule has 1 aliphatic carbocycles. The van der Waals surface area contributed by atoms with E-state index < -0.39 is 0 Å². The van der Waals surface area contributed by atoms with Gasteiger partial charge < -0.3 is 15.3 Å². The van der Waals surface area contributed by atoms with Gasteiger partial charge >= 0.3 is 0 Å². The van der Waals surface area contributed by atoms with Gasteiger partial charge in [0.05, 0.1) is 0 Å². The van der Waals surface area contributed by atoms with Crippen LogP contribution in [-0.4, -0.2) is 15.3 Å². The summed E-state index contributed by atoms with van der Waals surface area (Å²) in [6.07, 6.45) is 4.08. The highest BCUT2D eigenvalue weighted by Crippen LogP contribution is 2.50. The summed E-state index contributed by atoms with van der Waals surface area (Å²) in [5.74, 6) is 1.42. The third kappa shape index (κ3) is 3.57. The van der Waals surface area contributed by atoms with Gasteiger partial charge in [0, 0.05) is 5.41 Å². The van der Waals surface area contributed by atoms with E-state index in [1.54, 1.807) is 24.3 Å². The second kappa shape index (κ2) is 7.47. The molecule has 0 amide bonds. The van der Waals surface area contributed by atoms with Crippen LogP contribution in [0.5, 0.6) is 17.2 Å². The summed E-state index contributed by atoms with van der Waals surface area (Å²) in [6, 6.07) is 19.5. The number of phenols is 3. The largest absolute Gasteiger partial charge is 0.508 e. The molecule has 0 bridgehead atoms. The summed E-state index contributed by atoms with van der Waals surface area (Å²) < 4.78 is 0. The van der Waals surface area contributed by atoms with Crippen molar-refractivity contribution in [3.05, 3.63) is 88.5 Å². The first kappa shape index (κ1) is 19.4. The van der Waals surface area contributed by atoms with Crippen LogP contribution in [0.1, 0.15) is 59.4 Å². The van der Waals surface area contributed by atoms with Crippen LogP contribution in [0, 0.1) is 13.8 Å². The van der Waals surface area contributed by atoms with Crippen LogP contribution in [0.2, 0.25) is 0 Å². The maximum Gasteiger partial charge on any atom is 0.118 e. The van der Waals surface area contributed by atoms with E-state index in [4.69, 9.17) is 0 Å². The van der Waals surface area contributed by atoms with Gasteiger partial charge in [-0.1, -0.05) is 36.4 Å². The molecule has 150 valence electrons. The first-order chi connectivity index (χ1) is 13.9. The summed E-state index contributed by atoms with van der Waals surface area (Å²) >= 11 is 0. The van der Waals surface area contributed by atoms with Gasteiger partial charge in [-0.15, -0.1) is 0 Å². The maximum atomic E-state index is 10.0. The quantitative estimate of drug-likeness (QED) is 0.511. The standard InChI is InChI=1S/C26H28O3/c1-17-15-21(5-9-24(17)28)26(22-6-10-25(29)18(2)16-22)13-11-20(12-14-26)19-3-7-23(27)8-4-19/h3-10,15-16,20,27-29H,11-14H2,1-2H3. The van der Waals surface area contributed by atoms with Gasteiger partial charge in [0.25, 0.3) is 0 Å². The lowest BCUT2D eigenvalue weighted by molar-refractivity contribution is 0.314. The number of aromatic hydroxyl groups is 3. The summed E-state index contributed by atoms with van der Waals surface area (Å²) in [5.41, 5.74) is 5.37. The van der Waals surface area contributed by atoms with E-state index in [0.29, 0.717) is 23.2 Å². The Hall–Kier alpha value is -2.94. The lowest BCUT2D eigenvalue weighted by atomic mass is 9.62. The average Bonchev–Trinajstić information content (AvgIpc) is 2.73. The van der Waals surface area contributed by atoms with Crippen molar-refractivity contribution in [2.45, 2.75) is 50.9 Å². The molecule has 3 heteroatoms. The van der Waals surface area contributed by atoms with Crippen LogP contribution in [0.3, 0.4) is 0 Å². The highest BCUT2D eigenvalue weighted by molar-refractivity contribution is 5.48. The molecule has 3 aromatic carbocycles. The Bertz CT molecular complexity index is 959. The average molecular weight is 389 g/mol. The van der Waals surface area contributed by atoms with Crippen LogP contribution in [0.4, 0.5) is 0 Å². The summed E-state index contributed by atoms with van der Waals surface area (Å²) in [4.78, 5) is 0. The molecule has 0 spiro atoms. The molecule has 0 atom stereocenters. The minimum Gasteiger partial charge on any atom is -0.508 e. The maximum absolute atomic E-state index is 10.0. The second-order valence-electron chi connectivity index (χ2n) is 8.45. The summed E-state index contributed by atoms with van der Waals surface area (Å²) in [6.45, 7) is 3.88. The van der Waals surface area contributed by atoms with E-state index >= 15 is 0 Å². The van der Waals surface area contributed by atoms with Crippen molar-refractivity contribution < 1.29 is 15.3 Å². The second-order valence-corrected chi connectivity index (χ2v) is 8.45. The highest BCUT2D eigenvalue weighted by Gasteiger charge is 2.39. The van der Waals surface area contributed by atoms with Crippen molar-refractivity contribution in [1.82, 2.24) is 0 Å². The molecule has 0 heterocycles. The van der Waals surface area contributed by atoms with Crippen molar-refractivity contribution in [3.63, 3.8) is 0 Å². The van der Waals surface area contributed by atoms with Crippen LogP contribution >= 0.6 is 0 Å². The number of hydrogen-bond acceptors (Lipinski definition) is 3. The van der Waals surface area contributed by atoms with Gasteiger partial charge in [0.1, 0.15) is 17.2 Å². The fraction of sp³-hybridized carbons (Fsp3) is 0.308. The SMILES string of the molecule is Cc1cc(C2(c3ccc(O)c(C)c3)CCC(c3ccc(O)cc3)CC2)ccc1O. The Labute approximate surface area is 172 Å². The lowest BCUT2D eigenvalue weighted by Gasteiger charge is -2.42. The molecule has 1 fully saturated rings. The fourth-order valence-corrected chi connectivity index (χ4v) is 4.84. The molecule has 3 aromatic rings. The minimum atomic E-state index is -0.135. The Morgan fingerprint density at radius 2 is 1.17 bits per heavy atom. The van der Waals surface area contributed by atoms with Gasteiger partial charge in [0.15, 0.2) is 0 Å². The first-order valence-corrected chi connectivity index (χ1v) is 10.3. The van der Waals surface area contributed by atoms with Crippen molar-refractivity contribution >= 4 is 0 Å². The Kier molecular flexibility index (Phi) is 4.99. The van der Waals surface area contributed by atoms with E-state index in [1.807, 2.05) is 38.1 Å². The van der Waals surface area contributed by atoms with Crippen molar-refractivity contribution in [2.75, 3.05) is 0 Å². The molecule has 0 aliphatic heterocycles. The molecule has 1 saturated carbocycles. The van der Waals surface area contributed by atoms with Gasteiger partial charge in [0.2, 0.25) is 0 Å².